The van der Waals surface area contributed by atoms with Gasteiger partial charge in [0.1, 0.15) is 5.76 Å². The van der Waals surface area contributed by atoms with E-state index in [4.69, 9.17) is 11.1 Å². The van der Waals surface area contributed by atoms with Crippen LogP contribution in [0.1, 0.15) is 35.4 Å². The molecule has 0 saturated heterocycles. The average Bonchev–Trinajstić information content (AvgIpc) is 3.42. The van der Waals surface area contributed by atoms with Crippen LogP contribution in [0.2, 0.25) is 0 Å². The lowest BCUT2D eigenvalue weighted by molar-refractivity contribution is 0.393. The second-order valence-corrected chi connectivity index (χ2v) is 7.45. The Balaban J connectivity index is 1.69. The van der Waals surface area contributed by atoms with E-state index in [9.17, 15) is 0 Å². The van der Waals surface area contributed by atoms with E-state index in [1.165, 1.54) is 5.56 Å². The lowest BCUT2D eigenvalue weighted by atomic mass is 10.0. The number of hydrogen-bond donors (Lipinski definition) is 0. The first-order valence-electron chi connectivity index (χ1n) is 9.22. The second kappa shape index (κ2) is 6.28. The van der Waals surface area contributed by atoms with Crippen molar-refractivity contribution in [1.29, 1.82) is 0 Å². The van der Waals surface area contributed by atoms with Gasteiger partial charge in [-0.05, 0) is 62.2 Å². The molecule has 1 aromatic heterocycles. The van der Waals surface area contributed by atoms with Gasteiger partial charge in [0.25, 0.3) is 5.54 Å². The van der Waals surface area contributed by atoms with Gasteiger partial charge in [-0.2, -0.15) is 0 Å². The number of hydrogen-bond acceptors (Lipinski definition) is 3. The molecule has 1 heterocycles. The molecular weight excluding hydrogens is 334 g/mol. The summed E-state index contributed by atoms with van der Waals surface area (Å²) in [6, 6.07) is 14.9. The summed E-state index contributed by atoms with van der Waals surface area (Å²) in [6.07, 6.45) is 1.95. The lowest BCUT2D eigenvalue weighted by Crippen LogP contribution is -2.11. The molecule has 1 saturated carbocycles. The number of aromatic nitrogens is 1. The predicted octanol–water partition coefficient (Wildman–Crippen LogP) is 5.94. The predicted molar refractivity (Wildman–Crippen MR) is 108 cm³/mol. The van der Waals surface area contributed by atoms with Gasteiger partial charge in [0.2, 0.25) is 0 Å². The molecule has 0 N–H and O–H groups in total. The molecule has 0 spiro atoms. The maximum Gasteiger partial charge on any atom is 0.258 e. The van der Waals surface area contributed by atoms with Gasteiger partial charge in [0, 0.05) is 42.4 Å². The molecular formula is C23H23N3O. The minimum atomic E-state index is -0.254. The Labute approximate surface area is 160 Å². The normalized spacial score (nSPS) is 14.6. The van der Waals surface area contributed by atoms with E-state index in [0.29, 0.717) is 0 Å². The van der Waals surface area contributed by atoms with E-state index in [2.05, 4.69) is 71.3 Å². The van der Waals surface area contributed by atoms with E-state index in [1.807, 2.05) is 13.8 Å². The van der Waals surface area contributed by atoms with Crippen LogP contribution < -0.4 is 4.90 Å². The van der Waals surface area contributed by atoms with Gasteiger partial charge >= 0.3 is 0 Å². The summed E-state index contributed by atoms with van der Waals surface area (Å²) in [4.78, 5) is 6.02. The average molecular weight is 357 g/mol. The van der Waals surface area contributed by atoms with Crippen molar-refractivity contribution in [1.82, 2.24) is 5.16 Å². The van der Waals surface area contributed by atoms with Crippen molar-refractivity contribution in [3.05, 3.63) is 76.5 Å². The molecule has 2 aromatic carbocycles. The van der Waals surface area contributed by atoms with Gasteiger partial charge in [0.05, 0.1) is 5.69 Å². The highest BCUT2D eigenvalue weighted by Crippen LogP contribution is 2.49. The van der Waals surface area contributed by atoms with Crippen LogP contribution in [-0.4, -0.2) is 12.2 Å². The zero-order chi connectivity index (χ0) is 19.2. The Morgan fingerprint density at radius 2 is 1.78 bits per heavy atom. The largest absolute Gasteiger partial charge is 0.361 e. The lowest BCUT2D eigenvalue weighted by Gasteiger charge is -2.23. The molecule has 0 amide bonds. The minimum absolute atomic E-state index is 0.254. The Morgan fingerprint density at radius 3 is 2.33 bits per heavy atom. The fourth-order valence-corrected chi connectivity index (χ4v) is 3.74. The number of benzene rings is 2. The van der Waals surface area contributed by atoms with Crippen molar-refractivity contribution in [2.45, 2.75) is 39.2 Å². The van der Waals surface area contributed by atoms with Gasteiger partial charge in [0.15, 0.2) is 0 Å². The summed E-state index contributed by atoms with van der Waals surface area (Å²) >= 11 is 0. The molecule has 3 aromatic rings. The van der Waals surface area contributed by atoms with Crippen molar-refractivity contribution < 1.29 is 4.52 Å². The van der Waals surface area contributed by atoms with Gasteiger partial charge < -0.3 is 14.3 Å². The van der Waals surface area contributed by atoms with Crippen molar-refractivity contribution in [3.63, 3.8) is 0 Å². The molecule has 0 radical (unpaired) electrons. The standard InChI is InChI=1S/C23H23N3O/c1-15-6-7-18(22-16(2)25-27-17(22)3)14-21(15)26(5)20-10-8-19(9-11-20)23(24-4)12-13-23/h6-11,14H,12-13H2,1-3,5H3. The zero-order valence-electron chi connectivity index (χ0n) is 16.2. The third-order valence-electron chi connectivity index (χ3n) is 5.62. The fraction of sp³-hybridized carbons (Fsp3) is 0.304. The van der Waals surface area contributed by atoms with E-state index in [0.717, 1.165) is 52.4 Å². The summed E-state index contributed by atoms with van der Waals surface area (Å²) in [6.45, 7) is 13.5. The zero-order valence-corrected chi connectivity index (χ0v) is 16.2. The van der Waals surface area contributed by atoms with Gasteiger partial charge in [-0.1, -0.05) is 17.3 Å². The molecule has 4 nitrogen and oxygen atoms in total. The Bertz CT molecular complexity index is 1020. The van der Waals surface area contributed by atoms with Crippen LogP contribution in [0.25, 0.3) is 16.0 Å². The maximum absolute atomic E-state index is 7.43. The third kappa shape index (κ3) is 2.90. The van der Waals surface area contributed by atoms with Crippen LogP contribution in [-0.2, 0) is 5.54 Å². The number of aryl methyl sites for hydroxylation is 3. The third-order valence-corrected chi connectivity index (χ3v) is 5.62. The smallest absolute Gasteiger partial charge is 0.258 e. The molecule has 1 fully saturated rings. The highest BCUT2D eigenvalue weighted by atomic mass is 16.5. The van der Waals surface area contributed by atoms with Crippen molar-refractivity contribution in [3.8, 4) is 11.1 Å². The van der Waals surface area contributed by atoms with E-state index >= 15 is 0 Å². The molecule has 27 heavy (non-hydrogen) atoms. The van der Waals surface area contributed by atoms with Gasteiger partial charge in [-0.15, -0.1) is 0 Å². The number of nitrogens with zero attached hydrogens (tertiary/aromatic N) is 3. The maximum atomic E-state index is 7.43. The molecule has 0 unspecified atom stereocenters. The summed E-state index contributed by atoms with van der Waals surface area (Å²) in [5.74, 6) is 0.836. The molecule has 0 atom stereocenters. The quantitative estimate of drug-likeness (QED) is 0.542. The highest BCUT2D eigenvalue weighted by Gasteiger charge is 2.52. The summed E-state index contributed by atoms with van der Waals surface area (Å²) in [5.41, 5.74) is 7.42. The van der Waals surface area contributed by atoms with Crippen LogP contribution in [0.3, 0.4) is 0 Å². The Hall–Kier alpha value is -3.06. The Morgan fingerprint density at radius 1 is 1.07 bits per heavy atom. The fourth-order valence-electron chi connectivity index (χ4n) is 3.74. The highest BCUT2D eigenvalue weighted by molar-refractivity contribution is 5.76. The topological polar surface area (TPSA) is 33.6 Å². The molecule has 136 valence electrons. The monoisotopic (exact) mass is 357 g/mol. The number of rotatable bonds is 4. The van der Waals surface area contributed by atoms with Crippen molar-refractivity contribution in [2.24, 2.45) is 0 Å². The van der Waals surface area contributed by atoms with Crippen LogP contribution in [0.15, 0.2) is 47.0 Å². The number of anilines is 2. The molecule has 4 rings (SSSR count). The van der Waals surface area contributed by atoms with E-state index in [-0.39, 0.29) is 5.54 Å². The molecule has 1 aliphatic rings. The minimum Gasteiger partial charge on any atom is -0.361 e. The first-order valence-corrected chi connectivity index (χ1v) is 9.22. The van der Waals surface area contributed by atoms with Crippen LogP contribution in [0, 0.1) is 27.3 Å². The van der Waals surface area contributed by atoms with Gasteiger partial charge in [-0.25, -0.2) is 6.57 Å². The first-order chi connectivity index (χ1) is 12.9. The van der Waals surface area contributed by atoms with E-state index in [1.54, 1.807) is 0 Å². The van der Waals surface area contributed by atoms with Crippen molar-refractivity contribution >= 4 is 11.4 Å². The SMILES string of the molecule is [C-]#[N+]C1(c2ccc(N(C)c3cc(-c4c(C)noc4C)ccc3C)cc2)CC1. The molecule has 0 aliphatic heterocycles. The van der Waals surface area contributed by atoms with Crippen LogP contribution in [0.5, 0.6) is 0 Å². The van der Waals surface area contributed by atoms with Gasteiger partial charge in [-0.3, -0.25) is 0 Å². The van der Waals surface area contributed by atoms with Crippen LogP contribution >= 0.6 is 0 Å². The summed E-state index contributed by atoms with van der Waals surface area (Å²) < 4.78 is 5.34. The summed E-state index contributed by atoms with van der Waals surface area (Å²) in [5, 5.41) is 4.08. The van der Waals surface area contributed by atoms with Crippen molar-refractivity contribution in [2.75, 3.05) is 11.9 Å². The molecule has 4 heteroatoms. The van der Waals surface area contributed by atoms with E-state index < -0.39 is 0 Å². The summed E-state index contributed by atoms with van der Waals surface area (Å²) in [7, 11) is 2.08. The second-order valence-electron chi connectivity index (χ2n) is 7.45. The first kappa shape index (κ1) is 17.4. The van der Waals surface area contributed by atoms with Crippen LogP contribution in [0.4, 0.5) is 11.4 Å². The molecule has 1 aliphatic carbocycles. The molecule has 0 bridgehead atoms. The Kier molecular flexibility index (Phi) is 4.04.